The zero-order valence-electron chi connectivity index (χ0n) is 13.2. The lowest BCUT2D eigenvalue weighted by atomic mass is 10.2. The molecule has 0 radical (unpaired) electrons. The Kier molecular flexibility index (Phi) is 4.40. The van der Waals surface area contributed by atoms with Gasteiger partial charge in [0, 0.05) is 12.6 Å². The number of nitrogens with zero attached hydrogens (tertiary/aromatic N) is 3. The molecule has 1 fully saturated rings. The Morgan fingerprint density at radius 3 is 2.95 bits per heavy atom. The molecule has 1 aliphatic rings. The van der Waals surface area contributed by atoms with E-state index in [2.05, 4.69) is 28.9 Å². The summed E-state index contributed by atoms with van der Waals surface area (Å²) in [5.41, 5.74) is 0.836. The van der Waals surface area contributed by atoms with Crippen molar-refractivity contribution in [3.05, 3.63) is 30.2 Å². The largest absolute Gasteiger partial charge is 0.496 e. The predicted molar refractivity (Wildman–Crippen MR) is 81.6 cm³/mol. The fraction of sp³-hybridized carbons (Fsp3) is 0.500. The summed E-state index contributed by atoms with van der Waals surface area (Å²) in [6.45, 7) is 6.45. The Hall–Kier alpha value is -1.92. The third-order valence-corrected chi connectivity index (χ3v) is 3.89. The molecule has 0 N–H and O–H groups in total. The van der Waals surface area contributed by atoms with Gasteiger partial charge in [0.25, 0.3) is 0 Å². The van der Waals surface area contributed by atoms with E-state index in [1.54, 1.807) is 7.11 Å². The highest BCUT2D eigenvalue weighted by Gasteiger charge is 2.25. The highest BCUT2D eigenvalue weighted by atomic mass is 16.5. The molecule has 2 aromatic rings. The molecule has 2 atom stereocenters. The lowest BCUT2D eigenvalue weighted by molar-refractivity contribution is -0.0555. The number of hydrogen-bond acceptors (Lipinski definition) is 6. The summed E-state index contributed by atoms with van der Waals surface area (Å²) in [4.78, 5) is 6.80. The first kappa shape index (κ1) is 15.0. The van der Waals surface area contributed by atoms with Crippen LogP contribution in [0.5, 0.6) is 5.75 Å². The van der Waals surface area contributed by atoms with Crippen LogP contribution in [-0.4, -0.2) is 47.4 Å². The van der Waals surface area contributed by atoms with Gasteiger partial charge in [0.1, 0.15) is 5.75 Å². The number of methoxy groups -OCH3 is 1. The van der Waals surface area contributed by atoms with Crippen LogP contribution in [0.1, 0.15) is 19.7 Å². The van der Waals surface area contributed by atoms with Crippen LogP contribution < -0.4 is 4.74 Å². The highest BCUT2D eigenvalue weighted by molar-refractivity contribution is 5.63. The van der Waals surface area contributed by atoms with E-state index in [1.807, 2.05) is 24.3 Å². The number of hydrogen-bond donors (Lipinski definition) is 0. The number of benzene rings is 1. The molecule has 1 saturated heterocycles. The van der Waals surface area contributed by atoms with E-state index in [1.165, 1.54) is 0 Å². The van der Waals surface area contributed by atoms with Crippen molar-refractivity contribution in [2.75, 3.05) is 20.3 Å². The van der Waals surface area contributed by atoms with Gasteiger partial charge in [-0.3, -0.25) is 4.90 Å². The maximum Gasteiger partial charge on any atom is 0.241 e. The topological polar surface area (TPSA) is 60.6 Å². The number of rotatable bonds is 4. The Balaban J connectivity index is 1.76. The molecule has 0 aliphatic carbocycles. The van der Waals surface area contributed by atoms with Crippen molar-refractivity contribution < 1.29 is 14.0 Å². The maximum absolute atomic E-state index is 5.64. The molecule has 22 heavy (non-hydrogen) atoms. The van der Waals surface area contributed by atoms with Crippen molar-refractivity contribution >= 4 is 0 Å². The molecule has 2 heterocycles. The minimum absolute atomic E-state index is 0.229. The summed E-state index contributed by atoms with van der Waals surface area (Å²) >= 11 is 0. The van der Waals surface area contributed by atoms with E-state index >= 15 is 0 Å². The van der Waals surface area contributed by atoms with Crippen molar-refractivity contribution in [3.8, 4) is 17.1 Å². The summed E-state index contributed by atoms with van der Waals surface area (Å²) in [5, 5.41) is 4.08. The first-order valence-electron chi connectivity index (χ1n) is 7.49. The molecule has 1 aromatic carbocycles. The van der Waals surface area contributed by atoms with Gasteiger partial charge in [0.15, 0.2) is 0 Å². The smallest absolute Gasteiger partial charge is 0.241 e. The molecule has 0 unspecified atom stereocenters. The molecule has 6 nitrogen and oxygen atoms in total. The minimum Gasteiger partial charge on any atom is -0.496 e. The van der Waals surface area contributed by atoms with E-state index in [9.17, 15) is 0 Å². The van der Waals surface area contributed by atoms with Crippen LogP contribution in [0.15, 0.2) is 28.8 Å². The molecular formula is C16H21N3O3. The summed E-state index contributed by atoms with van der Waals surface area (Å²) in [6, 6.07) is 8.00. The van der Waals surface area contributed by atoms with Crippen molar-refractivity contribution in [3.63, 3.8) is 0 Å². The maximum atomic E-state index is 5.64. The predicted octanol–water partition coefficient (Wildman–Crippen LogP) is 2.35. The van der Waals surface area contributed by atoms with Gasteiger partial charge in [0.05, 0.1) is 31.9 Å². The summed E-state index contributed by atoms with van der Waals surface area (Å²) in [7, 11) is 1.64. The monoisotopic (exact) mass is 303 g/mol. The van der Waals surface area contributed by atoms with E-state index in [0.29, 0.717) is 24.3 Å². The third-order valence-electron chi connectivity index (χ3n) is 3.89. The second-order valence-corrected chi connectivity index (χ2v) is 5.63. The van der Waals surface area contributed by atoms with Crippen molar-refractivity contribution in [1.29, 1.82) is 0 Å². The second kappa shape index (κ2) is 6.46. The standard InChI is InChI=1S/C16H21N3O3/c1-11-10-21-12(2)8-19(11)9-15-17-16(18-22-15)13-6-4-5-7-14(13)20-3/h4-7,11-12H,8-10H2,1-3H3/t11-,12-/m0/s1. The van der Waals surface area contributed by atoms with Crippen LogP contribution in [0.25, 0.3) is 11.4 Å². The summed E-state index contributed by atoms with van der Waals surface area (Å²) < 4.78 is 16.4. The average Bonchev–Trinajstić information content (AvgIpc) is 2.99. The second-order valence-electron chi connectivity index (χ2n) is 5.63. The Bertz CT molecular complexity index is 629. The highest BCUT2D eigenvalue weighted by Crippen LogP contribution is 2.27. The first-order valence-corrected chi connectivity index (χ1v) is 7.49. The van der Waals surface area contributed by atoms with Crippen molar-refractivity contribution in [1.82, 2.24) is 15.0 Å². The van der Waals surface area contributed by atoms with Gasteiger partial charge in [0.2, 0.25) is 11.7 Å². The van der Waals surface area contributed by atoms with E-state index in [4.69, 9.17) is 14.0 Å². The molecule has 1 aromatic heterocycles. The van der Waals surface area contributed by atoms with Gasteiger partial charge in [-0.1, -0.05) is 17.3 Å². The molecule has 1 aliphatic heterocycles. The Morgan fingerprint density at radius 1 is 1.32 bits per heavy atom. The van der Waals surface area contributed by atoms with Gasteiger partial charge >= 0.3 is 0 Å². The average molecular weight is 303 g/mol. The zero-order chi connectivity index (χ0) is 15.5. The van der Waals surface area contributed by atoms with Crippen LogP contribution in [0.2, 0.25) is 0 Å². The Morgan fingerprint density at radius 2 is 2.14 bits per heavy atom. The fourth-order valence-electron chi connectivity index (χ4n) is 2.62. The molecular weight excluding hydrogens is 282 g/mol. The molecule has 0 bridgehead atoms. The van der Waals surface area contributed by atoms with Gasteiger partial charge in [-0.15, -0.1) is 0 Å². The lowest BCUT2D eigenvalue weighted by Gasteiger charge is -2.35. The van der Waals surface area contributed by atoms with Crippen molar-refractivity contribution in [2.45, 2.75) is 32.5 Å². The molecule has 0 saturated carbocycles. The van der Waals surface area contributed by atoms with Gasteiger partial charge in [-0.25, -0.2) is 0 Å². The summed E-state index contributed by atoms with van der Waals surface area (Å²) in [6.07, 6.45) is 0.229. The quantitative estimate of drug-likeness (QED) is 0.864. The summed E-state index contributed by atoms with van der Waals surface area (Å²) in [5.74, 6) is 1.91. The van der Waals surface area contributed by atoms with Gasteiger partial charge < -0.3 is 14.0 Å². The molecule has 3 rings (SSSR count). The van der Waals surface area contributed by atoms with E-state index < -0.39 is 0 Å². The van der Waals surface area contributed by atoms with Crippen LogP contribution in [0.4, 0.5) is 0 Å². The number of para-hydroxylation sites is 1. The minimum atomic E-state index is 0.229. The number of aromatic nitrogens is 2. The molecule has 6 heteroatoms. The van der Waals surface area contributed by atoms with Gasteiger partial charge in [-0.2, -0.15) is 4.98 Å². The van der Waals surface area contributed by atoms with E-state index in [-0.39, 0.29) is 6.10 Å². The van der Waals surface area contributed by atoms with Gasteiger partial charge in [-0.05, 0) is 26.0 Å². The molecule has 0 amide bonds. The van der Waals surface area contributed by atoms with Crippen LogP contribution in [-0.2, 0) is 11.3 Å². The fourth-order valence-corrected chi connectivity index (χ4v) is 2.62. The first-order chi connectivity index (χ1) is 10.7. The van der Waals surface area contributed by atoms with Crippen molar-refractivity contribution in [2.24, 2.45) is 0 Å². The van der Waals surface area contributed by atoms with Crippen LogP contribution in [0, 0.1) is 0 Å². The molecule has 118 valence electrons. The van der Waals surface area contributed by atoms with E-state index in [0.717, 1.165) is 24.5 Å². The van der Waals surface area contributed by atoms with Crippen LogP contribution >= 0.6 is 0 Å². The Labute approximate surface area is 130 Å². The number of morpholine rings is 1. The zero-order valence-corrected chi connectivity index (χ0v) is 13.2. The normalized spacial score (nSPS) is 22.7. The SMILES string of the molecule is COc1ccccc1-c1noc(CN2C[C@H](C)OC[C@@H]2C)n1. The van der Waals surface area contributed by atoms with Crippen LogP contribution in [0.3, 0.4) is 0 Å². The molecule has 0 spiro atoms. The lowest BCUT2D eigenvalue weighted by Crippen LogP contribution is -2.46. The third kappa shape index (κ3) is 3.13. The number of ether oxygens (including phenoxy) is 2.